The number of rotatable bonds is 5. The van der Waals surface area contributed by atoms with Crippen molar-refractivity contribution in [1.29, 1.82) is 0 Å². The number of ether oxygens (including phenoxy) is 2. The van der Waals surface area contributed by atoms with E-state index in [1.807, 2.05) is 42.5 Å². The van der Waals surface area contributed by atoms with E-state index < -0.39 is 0 Å². The Hall–Kier alpha value is -4.26. The molecule has 6 nitrogen and oxygen atoms in total. The van der Waals surface area contributed by atoms with Crippen molar-refractivity contribution < 1.29 is 19.0 Å². The number of nitrogen functional groups attached to an aromatic ring is 1. The summed E-state index contributed by atoms with van der Waals surface area (Å²) in [6, 6.07) is 17.5. The summed E-state index contributed by atoms with van der Waals surface area (Å²) < 4.78 is 26.4. The molecule has 0 saturated carbocycles. The van der Waals surface area contributed by atoms with E-state index in [0.717, 1.165) is 11.3 Å². The van der Waals surface area contributed by atoms with Gasteiger partial charge >= 0.3 is 0 Å². The Morgan fingerprint density at radius 1 is 1.00 bits per heavy atom. The number of fused-ring (bicyclic) bond motifs is 2. The Morgan fingerprint density at radius 2 is 1.79 bits per heavy atom. The molecular weight excluding hydrogens is 421 g/mol. The van der Waals surface area contributed by atoms with Crippen molar-refractivity contribution in [3.8, 4) is 28.5 Å². The van der Waals surface area contributed by atoms with Crippen LogP contribution in [0.25, 0.3) is 32.9 Å². The van der Waals surface area contributed by atoms with Crippen molar-refractivity contribution in [1.82, 2.24) is 9.55 Å². The van der Waals surface area contributed by atoms with Gasteiger partial charge in [0.15, 0.2) is 0 Å². The number of nitrogens with two attached hydrogens (primary N) is 1. The number of anilines is 1. The van der Waals surface area contributed by atoms with Gasteiger partial charge in [-0.2, -0.15) is 0 Å². The zero-order valence-electron chi connectivity index (χ0n) is 18.2. The van der Waals surface area contributed by atoms with Crippen LogP contribution in [0, 0.1) is 5.82 Å². The summed E-state index contributed by atoms with van der Waals surface area (Å²) in [6.45, 7) is 0.437. The molecule has 33 heavy (non-hydrogen) atoms. The zero-order valence-corrected chi connectivity index (χ0v) is 18.2. The van der Waals surface area contributed by atoms with Gasteiger partial charge in [-0.15, -0.1) is 0 Å². The molecule has 7 heteroatoms. The molecule has 0 aliphatic heterocycles. The molecular formula is C26H22FN3O3. The van der Waals surface area contributed by atoms with Crippen LogP contribution in [0.2, 0.25) is 0 Å². The molecule has 0 radical (unpaired) electrons. The number of benzene rings is 3. The highest BCUT2D eigenvalue weighted by atomic mass is 19.1. The molecule has 0 saturated heterocycles. The van der Waals surface area contributed by atoms with Gasteiger partial charge in [-0.3, -0.25) is 0 Å². The maximum Gasteiger partial charge on any atom is 0.203 e. The van der Waals surface area contributed by atoms with Gasteiger partial charge in [-0.25, -0.2) is 9.37 Å². The standard InChI is InChI=1S/C26H22FN3O3/c1-32-17-9-6-15(7-10-17)13-30-14-21-23(26(30)31)24(28)19-5-3-4-18(25(19)29-21)20-12-16(27)8-11-22(20)33-2/h3-12,14,31H,13,28H2,1-2H3. The first-order valence-corrected chi connectivity index (χ1v) is 10.4. The Kier molecular flexibility index (Phi) is 5.01. The monoisotopic (exact) mass is 443 g/mol. The van der Waals surface area contributed by atoms with E-state index >= 15 is 0 Å². The first kappa shape index (κ1) is 20.6. The van der Waals surface area contributed by atoms with Crippen LogP contribution < -0.4 is 15.2 Å². The van der Waals surface area contributed by atoms with Crippen molar-refractivity contribution in [3.63, 3.8) is 0 Å². The highest BCUT2D eigenvalue weighted by Gasteiger charge is 2.19. The number of aromatic nitrogens is 2. The number of para-hydroxylation sites is 1. The fourth-order valence-electron chi connectivity index (χ4n) is 4.17. The van der Waals surface area contributed by atoms with Crippen LogP contribution in [0.3, 0.4) is 0 Å². The molecule has 5 rings (SSSR count). The van der Waals surface area contributed by atoms with Crippen LogP contribution in [0.15, 0.2) is 66.9 Å². The van der Waals surface area contributed by atoms with E-state index in [4.69, 9.17) is 20.2 Å². The van der Waals surface area contributed by atoms with Gasteiger partial charge in [0.2, 0.25) is 5.88 Å². The van der Waals surface area contributed by atoms with Crippen LogP contribution in [0.1, 0.15) is 5.56 Å². The van der Waals surface area contributed by atoms with Crippen LogP contribution in [0.4, 0.5) is 10.1 Å². The van der Waals surface area contributed by atoms with E-state index in [2.05, 4.69) is 0 Å². The van der Waals surface area contributed by atoms with Crippen molar-refractivity contribution >= 4 is 27.5 Å². The lowest BCUT2D eigenvalue weighted by molar-refractivity contribution is 0.414. The summed E-state index contributed by atoms with van der Waals surface area (Å²) >= 11 is 0. The van der Waals surface area contributed by atoms with Gasteiger partial charge in [-0.05, 0) is 35.9 Å². The second-order valence-electron chi connectivity index (χ2n) is 7.76. The number of methoxy groups -OCH3 is 2. The largest absolute Gasteiger partial charge is 0.497 e. The number of nitrogens with zero attached hydrogens (tertiary/aromatic N) is 2. The third kappa shape index (κ3) is 3.47. The van der Waals surface area contributed by atoms with Gasteiger partial charge in [0.25, 0.3) is 0 Å². The normalized spacial score (nSPS) is 11.2. The Morgan fingerprint density at radius 3 is 2.52 bits per heavy atom. The van der Waals surface area contributed by atoms with E-state index in [9.17, 15) is 9.50 Å². The molecule has 0 spiro atoms. The first-order valence-electron chi connectivity index (χ1n) is 10.4. The minimum Gasteiger partial charge on any atom is -0.497 e. The highest BCUT2D eigenvalue weighted by molar-refractivity contribution is 6.12. The second kappa shape index (κ2) is 8.02. The number of hydrogen-bond acceptors (Lipinski definition) is 5. The average molecular weight is 443 g/mol. The van der Waals surface area contributed by atoms with Crippen LogP contribution in [-0.4, -0.2) is 28.9 Å². The Bertz CT molecular complexity index is 1490. The zero-order chi connectivity index (χ0) is 23.1. The van der Waals surface area contributed by atoms with Crippen LogP contribution in [0.5, 0.6) is 17.4 Å². The van der Waals surface area contributed by atoms with Gasteiger partial charge < -0.3 is 24.9 Å². The van der Waals surface area contributed by atoms with E-state index in [1.54, 1.807) is 31.0 Å². The van der Waals surface area contributed by atoms with Crippen molar-refractivity contribution in [2.24, 2.45) is 0 Å². The first-order chi connectivity index (χ1) is 16.0. The third-order valence-corrected chi connectivity index (χ3v) is 5.82. The molecule has 0 aliphatic carbocycles. The van der Waals surface area contributed by atoms with Gasteiger partial charge in [-0.1, -0.05) is 30.3 Å². The average Bonchev–Trinajstić information content (AvgIpc) is 3.14. The number of hydrogen-bond donors (Lipinski definition) is 2. The minimum absolute atomic E-state index is 0.0430. The third-order valence-electron chi connectivity index (χ3n) is 5.82. The highest BCUT2D eigenvalue weighted by Crippen LogP contribution is 2.41. The lowest BCUT2D eigenvalue weighted by Crippen LogP contribution is -1.97. The SMILES string of the molecule is COc1ccc(Cn2cc3nc4c(-c5cc(F)ccc5OC)cccc4c(N)c3c2O)cc1. The number of aromatic hydroxyl groups is 1. The molecule has 3 aromatic carbocycles. The molecule has 2 aromatic heterocycles. The summed E-state index contributed by atoms with van der Waals surface area (Å²) in [5, 5.41) is 12.1. The van der Waals surface area contributed by atoms with E-state index in [0.29, 0.717) is 50.9 Å². The molecule has 0 atom stereocenters. The summed E-state index contributed by atoms with van der Waals surface area (Å²) in [5.41, 5.74) is 10.3. The lowest BCUT2D eigenvalue weighted by atomic mass is 9.99. The van der Waals surface area contributed by atoms with E-state index in [1.165, 1.54) is 12.1 Å². The molecule has 2 heterocycles. The maximum absolute atomic E-state index is 14.1. The Balaban J connectivity index is 1.68. The second-order valence-corrected chi connectivity index (χ2v) is 7.76. The minimum atomic E-state index is -0.375. The number of pyridine rings is 1. The maximum atomic E-state index is 14.1. The van der Waals surface area contributed by atoms with E-state index in [-0.39, 0.29) is 11.7 Å². The summed E-state index contributed by atoms with van der Waals surface area (Å²) in [4.78, 5) is 4.81. The fraction of sp³-hybridized carbons (Fsp3) is 0.115. The molecule has 5 aromatic rings. The van der Waals surface area contributed by atoms with Gasteiger partial charge in [0.05, 0.1) is 42.9 Å². The van der Waals surface area contributed by atoms with Gasteiger partial charge in [0.1, 0.15) is 17.3 Å². The van der Waals surface area contributed by atoms with Crippen LogP contribution in [-0.2, 0) is 6.54 Å². The molecule has 0 unspecified atom stereocenters. The molecule has 0 amide bonds. The predicted octanol–water partition coefficient (Wildman–Crippen LogP) is 5.35. The predicted molar refractivity (Wildman–Crippen MR) is 127 cm³/mol. The fourth-order valence-corrected chi connectivity index (χ4v) is 4.17. The molecule has 166 valence electrons. The molecule has 0 fully saturated rings. The smallest absolute Gasteiger partial charge is 0.203 e. The van der Waals surface area contributed by atoms with Crippen molar-refractivity contribution in [3.05, 3.63) is 78.2 Å². The summed E-state index contributed by atoms with van der Waals surface area (Å²) in [6.07, 6.45) is 1.77. The Labute approximate surface area is 189 Å². The molecule has 0 bridgehead atoms. The topological polar surface area (TPSA) is 82.5 Å². The summed E-state index contributed by atoms with van der Waals surface area (Å²) in [7, 11) is 3.16. The van der Waals surface area contributed by atoms with Crippen molar-refractivity contribution in [2.45, 2.75) is 6.54 Å². The quantitative estimate of drug-likeness (QED) is 0.383. The lowest BCUT2D eigenvalue weighted by Gasteiger charge is -2.12. The van der Waals surface area contributed by atoms with Crippen LogP contribution >= 0.6 is 0 Å². The summed E-state index contributed by atoms with van der Waals surface area (Å²) in [5.74, 6) is 0.962. The van der Waals surface area contributed by atoms with Crippen molar-refractivity contribution in [2.75, 3.05) is 20.0 Å². The van der Waals surface area contributed by atoms with Gasteiger partial charge in [0, 0.05) is 22.7 Å². The molecule has 0 aliphatic rings. The molecule has 3 N–H and O–H groups in total. The number of halogens is 1.